The molecule has 1 aromatic rings. The molecule has 0 saturated heterocycles. The van der Waals surface area contributed by atoms with Crippen LogP contribution >= 0.6 is 0 Å². The van der Waals surface area contributed by atoms with E-state index in [2.05, 4.69) is 23.9 Å². The average molecular weight is 314 g/mol. The van der Waals surface area contributed by atoms with Gasteiger partial charge in [0.25, 0.3) is 0 Å². The van der Waals surface area contributed by atoms with Crippen molar-refractivity contribution in [1.29, 1.82) is 0 Å². The third-order valence-corrected chi connectivity index (χ3v) is 3.78. The van der Waals surface area contributed by atoms with Crippen molar-refractivity contribution in [3.8, 4) is 0 Å². The second-order valence-corrected chi connectivity index (χ2v) is 7.64. The molecule has 2 unspecified atom stereocenters. The summed E-state index contributed by atoms with van der Waals surface area (Å²) in [4.78, 5) is 0. The van der Waals surface area contributed by atoms with E-state index in [1.54, 1.807) is 12.1 Å². The van der Waals surface area contributed by atoms with Gasteiger partial charge in [0, 0.05) is 17.8 Å². The van der Waals surface area contributed by atoms with Gasteiger partial charge in [0.1, 0.15) is 0 Å². The van der Waals surface area contributed by atoms with E-state index in [0.717, 1.165) is 18.2 Å². The highest BCUT2D eigenvalue weighted by atomic mass is 32.2. The molecule has 120 valence electrons. The maximum atomic E-state index is 11.2. The van der Waals surface area contributed by atoms with Crippen LogP contribution in [0.4, 0.5) is 5.69 Å². The highest BCUT2D eigenvalue weighted by molar-refractivity contribution is 7.92. The third-order valence-electron chi connectivity index (χ3n) is 3.18. The van der Waals surface area contributed by atoms with Crippen LogP contribution in [0.1, 0.15) is 38.8 Å². The molecule has 0 radical (unpaired) electrons. The number of benzene rings is 1. The molecule has 3 N–H and O–H groups in total. The van der Waals surface area contributed by atoms with Gasteiger partial charge in [0.05, 0.1) is 12.9 Å². The molecular formula is C15H26N2O3S. The highest BCUT2D eigenvalue weighted by Crippen LogP contribution is 2.18. The van der Waals surface area contributed by atoms with Crippen molar-refractivity contribution in [2.24, 2.45) is 5.92 Å². The summed E-state index contributed by atoms with van der Waals surface area (Å²) in [5.41, 5.74) is 1.60. The van der Waals surface area contributed by atoms with Crippen LogP contribution in [-0.4, -0.2) is 32.4 Å². The molecule has 0 amide bonds. The summed E-state index contributed by atoms with van der Waals surface area (Å²) >= 11 is 0. The van der Waals surface area contributed by atoms with Crippen LogP contribution in [0.25, 0.3) is 0 Å². The van der Waals surface area contributed by atoms with Crippen molar-refractivity contribution in [3.05, 3.63) is 29.8 Å². The van der Waals surface area contributed by atoms with Crippen LogP contribution in [0.5, 0.6) is 0 Å². The fourth-order valence-corrected chi connectivity index (χ4v) is 2.83. The maximum absolute atomic E-state index is 11.2. The third kappa shape index (κ3) is 6.93. The normalized spacial score (nSPS) is 15.0. The summed E-state index contributed by atoms with van der Waals surface area (Å²) in [6.45, 7) is 6.39. The van der Waals surface area contributed by atoms with Gasteiger partial charge in [-0.3, -0.25) is 4.72 Å². The molecule has 0 aromatic heterocycles. The lowest BCUT2D eigenvalue weighted by Crippen LogP contribution is -2.35. The fourth-order valence-electron chi connectivity index (χ4n) is 2.27. The lowest BCUT2D eigenvalue weighted by Gasteiger charge is -2.23. The lowest BCUT2D eigenvalue weighted by molar-refractivity contribution is 0.215. The second-order valence-electron chi connectivity index (χ2n) is 5.89. The molecule has 21 heavy (non-hydrogen) atoms. The van der Waals surface area contributed by atoms with E-state index in [1.165, 1.54) is 0 Å². The van der Waals surface area contributed by atoms with Crippen molar-refractivity contribution in [1.82, 2.24) is 5.32 Å². The highest BCUT2D eigenvalue weighted by Gasteiger charge is 2.14. The van der Waals surface area contributed by atoms with Gasteiger partial charge in [-0.05, 0) is 37.0 Å². The van der Waals surface area contributed by atoms with E-state index in [-0.39, 0.29) is 18.7 Å². The number of anilines is 1. The molecule has 2 atom stereocenters. The Kier molecular flexibility index (Phi) is 6.64. The Bertz CT molecular complexity index is 526. The van der Waals surface area contributed by atoms with E-state index >= 15 is 0 Å². The smallest absolute Gasteiger partial charge is 0.229 e. The Labute approximate surface area is 127 Å². The van der Waals surface area contributed by atoms with Crippen LogP contribution in [0, 0.1) is 5.92 Å². The molecule has 1 aromatic carbocycles. The molecular weight excluding hydrogens is 288 g/mol. The molecule has 0 spiro atoms. The minimum absolute atomic E-state index is 0.0637. The summed E-state index contributed by atoms with van der Waals surface area (Å²) in [5.74, 6) is 0.517. The molecule has 5 nitrogen and oxygen atoms in total. The van der Waals surface area contributed by atoms with Crippen molar-refractivity contribution in [3.63, 3.8) is 0 Å². The molecule has 0 aliphatic heterocycles. The van der Waals surface area contributed by atoms with Crippen molar-refractivity contribution < 1.29 is 13.5 Å². The molecule has 0 heterocycles. The Morgan fingerprint density at radius 3 is 2.14 bits per heavy atom. The van der Waals surface area contributed by atoms with E-state index in [9.17, 15) is 13.5 Å². The minimum Gasteiger partial charge on any atom is -0.395 e. The van der Waals surface area contributed by atoms with Gasteiger partial charge in [-0.2, -0.15) is 0 Å². The van der Waals surface area contributed by atoms with Gasteiger partial charge in [-0.15, -0.1) is 0 Å². The maximum Gasteiger partial charge on any atom is 0.229 e. The van der Waals surface area contributed by atoms with E-state index in [1.807, 2.05) is 19.1 Å². The van der Waals surface area contributed by atoms with E-state index < -0.39 is 10.0 Å². The molecule has 0 aliphatic rings. The first-order valence-corrected chi connectivity index (χ1v) is 9.05. The van der Waals surface area contributed by atoms with E-state index in [0.29, 0.717) is 11.6 Å². The van der Waals surface area contributed by atoms with Crippen LogP contribution in [-0.2, 0) is 10.0 Å². The van der Waals surface area contributed by atoms with Crippen molar-refractivity contribution >= 4 is 15.7 Å². The molecule has 0 aliphatic carbocycles. The minimum atomic E-state index is -3.25. The SMILES string of the molecule is CC(C)CC(CO)NC(C)c1ccc(NS(C)(=O)=O)cc1. The van der Waals surface area contributed by atoms with E-state index in [4.69, 9.17) is 0 Å². The summed E-state index contributed by atoms with van der Waals surface area (Å²) in [7, 11) is -3.25. The zero-order valence-corrected chi connectivity index (χ0v) is 13.9. The number of hydrogen-bond acceptors (Lipinski definition) is 4. The molecule has 0 saturated carbocycles. The standard InChI is InChI=1S/C15H26N2O3S/c1-11(2)9-15(10-18)16-12(3)13-5-7-14(8-6-13)17-21(4,19)20/h5-8,11-12,15-18H,9-10H2,1-4H3. The summed E-state index contributed by atoms with van der Waals surface area (Å²) in [5, 5.41) is 12.8. The quantitative estimate of drug-likeness (QED) is 0.687. The Balaban J connectivity index is 2.68. The predicted octanol–water partition coefficient (Wildman–Crippen LogP) is 2.12. The molecule has 6 heteroatoms. The van der Waals surface area contributed by atoms with Crippen LogP contribution < -0.4 is 10.0 Å². The van der Waals surface area contributed by atoms with Gasteiger partial charge in [-0.1, -0.05) is 26.0 Å². The number of nitrogens with one attached hydrogen (secondary N) is 2. The molecule has 1 rings (SSSR count). The number of aliphatic hydroxyl groups is 1. The zero-order valence-electron chi connectivity index (χ0n) is 13.1. The molecule has 0 fully saturated rings. The van der Waals surface area contributed by atoms with Gasteiger partial charge in [-0.25, -0.2) is 8.42 Å². The van der Waals surface area contributed by atoms with Crippen LogP contribution in [0.15, 0.2) is 24.3 Å². The average Bonchev–Trinajstić information content (AvgIpc) is 2.36. The monoisotopic (exact) mass is 314 g/mol. The largest absolute Gasteiger partial charge is 0.395 e. The summed E-state index contributed by atoms with van der Waals surface area (Å²) in [6, 6.07) is 7.40. The van der Waals surface area contributed by atoms with Gasteiger partial charge in [0.2, 0.25) is 10.0 Å². The first-order valence-electron chi connectivity index (χ1n) is 7.16. The first kappa shape index (κ1) is 17.9. The fraction of sp³-hybridized carbons (Fsp3) is 0.600. The van der Waals surface area contributed by atoms with Crippen LogP contribution in [0.3, 0.4) is 0 Å². The number of hydrogen-bond donors (Lipinski definition) is 3. The number of aliphatic hydroxyl groups excluding tert-OH is 1. The van der Waals surface area contributed by atoms with Crippen molar-refractivity contribution in [2.75, 3.05) is 17.6 Å². The van der Waals surface area contributed by atoms with Gasteiger partial charge in [0.15, 0.2) is 0 Å². The summed E-state index contributed by atoms with van der Waals surface area (Å²) < 4.78 is 24.7. The molecule has 0 bridgehead atoms. The lowest BCUT2D eigenvalue weighted by atomic mass is 10.0. The zero-order chi connectivity index (χ0) is 16.0. The number of sulfonamides is 1. The Morgan fingerprint density at radius 1 is 1.14 bits per heavy atom. The van der Waals surface area contributed by atoms with Gasteiger partial charge >= 0.3 is 0 Å². The first-order chi connectivity index (χ1) is 9.71. The predicted molar refractivity (Wildman–Crippen MR) is 86.8 cm³/mol. The van der Waals surface area contributed by atoms with Crippen LogP contribution in [0.2, 0.25) is 0 Å². The number of rotatable bonds is 8. The van der Waals surface area contributed by atoms with Gasteiger partial charge < -0.3 is 10.4 Å². The summed E-state index contributed by atoms with van der Waals surface area (Å²) in [6.07, 6.45) is 2.04. The Morgan fingerprint density at radius 2 is 1.71 bits per heavy atom. The Hall–Kier alpha value is -1.11. The van der Waals surface area contributed by atoms with Crippen molar-refractivity contribution in [2.45, 2.75) is 39.3 Å². The topological polar surface area (TPSA) is 78.4 Å². The second kappa shape index (κ2) is 7.77.